The van der Waals surface area contributed by atoms with Crippen LogP contribution >= 0.6 is 0 Å². The van der Waals surface area contributed by atoms with Gasteiger partial charge in [0, 0.05) is 19.6 Å². The summed E-state index contributed by atoms with van der Waals surface area (Å²) in [6.45, 7) is 1.80. The van der Waals surface area contributed by atoms with E-state index in [1.807, 2.05) is 0 Å². The Bertz CT molecular complexity index is 1120. The van der Waals surface area contributed by atoms with E-state index in [-0.39, 0.29) is 24.0 Å². The Morgan fingerprint density at radius 2 is 1.77 bits per heavy atom. The van der Waals surface area contributed by atoms with E-state index < -0.39 is 33.6 Å². The van der Waals surface area contributed by atoms with Crippen molar-refractivity contribution in [3.8, 4) is 0 Å². The fourth-order valence-electron chi connectivity index (χ4n) is 4.67. The van der Waals surface area contributed by atoms with E-state index in [9.17, 15) is 21.6 Å². The molecular weight excluding hydrogens is 488 g/mol. The Hall–Kier alpha value is -2.31. The van der Waals surface area contributed by atoms with Crippen LogP contribution in [-0.4, -0.2) is 61.8 Å². The Morgan fingerprint density at radius 3 is 2.40 bits per heavy atom. The zero-order valence-electron chi connectivity index (χ0n) is 19.3. The second-order valence-electron chi connectivity index (χ2n) is 9.01. The largest absolute Gasteiger partial charge is 0.416 e. The fraction of sp³-hybridized carbons (Fsp3) is 0.565. The van der Waals surface area contributed by atoms with Gasteiger partial charge in [0.05, 0.1) is 36.8 Å². The normalized spacial score (nSPS) is 20.8. The first-order chi connectivity index (χ1) is 16.5. The number of anilines is 1. The molecule has 4 rings (SSSR count). The van der Waals surface area contributed by atoms with Crippen LogP contribution in [0.25, 0.3) is 0 Å². The summed E-state index contributed by atoms with van der Waals surface area (Å²) in [5, 5.41) is 0. The lowest BCUT2D eigenvalue weighted by atomic mass is 9.92. The maximum atomic E-state index is 15.5. The van der Waals surface area contributed by atoms with Gasteiger partial charge in [-0.1, -0.05) is 12.1 Å². The molecule has 2 aliphatic heterocycles. The van der Waals surface area contributed by atoms with Crippen LogP contribution in [-0.2, 0) is 27.4 Å². The van der Waals surface area contributed by atoms with E-state index in [2.05, 4.69) is 9.97 Å². The molecule has 0 spiro atoms. The van der Waals surface area contributed by atoms with Crippen molar-refractivity contribution in [3.63, 3.8) is 0 Å². The fourth-order valence-corrected chi connectivity index (χ4v) is 5.54. The summed E-state index contributed by atoms with van der Waals surface area (Å²) in [5.41, 5.74) is 0.107. The first-order valence-electron chi connectivity index (χ1n) is 11.5. The maximum absolute atomic E-state index is 15.5. The van der Waals surface area contributed by atoms with Crippen molar-refractivity contribution < 1.29 is 30.7 Å². The van der Waals surface area contributed by atoms with Gasteiger partial charge in [0.25, 0.3) is 0 Å². The van der Waals surface area contributed by atoms with Crippen molar-refractivity contribution in [1.82, 2.24) is 14.3 Å². The van der Waals surface area contributed by atoms with E-state index in [4.69, 9.17) is 4.74 Å². The first kappa shape index (κ1) is 25.8. The number of rotatable bonds is 6. The molecule has 1 aromatic carbocycles. The first-order valence-corrected chi connectivity index (χ1v) is 13.3. The predicted molar refractivity (Wildman–Crippen MR) is 122 cm³/mol. The van der Waals surface area contributed by atoms with Crippen molar-refractivity contribution in [1.29, 1.82) is 0 Å². The third-order valence-corrected chi connectivity index (χ3v) is 8.00. The molecule has 7 nitrogen and oxygen atoms in total. The van der Waals surface area contributed by atoms with Gasteiger partial charge in [-0.05, 0) is 49.3 Å². The van der Waals surface area contributed by atoms with E-state index in [0.29, 0.717) is 57.5 Å². The average molecular weight is 517 g/mol. The molecule has 2 aliphatic rings. The van der Waals surface area contributed by atoms with Crippen molar-refractivity contribution in [2.45, 2.75) is 37.9 Å². The Morgan fingerprint density at radius 1 is 1.09 bits per heavy atom. The molecule has 35 heavy (non-hydrogen) atoms. The van der Waals surface area contributed by atoms with Crippen LogP contribution in [0.1, 0.15) is 42.1 Å². The molecule has 1 atom stereocenters. The summed E-state index contributed by atoms with van der Waals surface area (Å²) in [5.74, 6) is -0.163. The summed E-state index contributed by atoms with van der Waals surface area (Å²) in [4.78, 5) is 10.0. The van der Waals surface area contributed by atoms with Crippen LogP contribution in [0.5, 0.6) is 0 Å². The highest BCUT2D eigenvalue weighted by molar-refractivity contribution is 7.88. The number of hydrogen-bond donors (Lipinski definition) is 0. The summed E-state index contributed by atoms with van der Waals surface area (Å²) < 4.78 is 84.7. The molecule has 0 bridgehead atoms. The molecule has 2 aromatic rings. The van der Waals surface area contributed by atoms with Crippen LogP contribution in [0.15, 0.2) is 30.6 Å². The lowest BCUT2D eigenvalue weighted by Gasteiger charge is -2.37. The second kappa shape index (κ2) is 10.4. The number of halogens is 4. The number of aromatic nitrogens is 2. The highest BCUT2D eigenvalue weighted by Crippen LogP contribution is 2.34. The van der Waals surface area contributed by atoms with Crippen molar-refractivity contribution in [3.05, 3.63) is 53.2 Å². The van der Waals surface area contributed by atoms with Gasteiger partial charge < -0.3 is 9.64 Å². The van der Waals surface area contributed by atoms with Crippen LogP contribution < -0.4 is 4.90 Å². The summed E-state index contributed by atoms with van der Waals surface area (Å²) >= 11 is 0. The number of ether oxygens (including phenoxy) is 1. The maximum Gasteiger partial charge on any atom is 0.416 e. The molecule has 2 saturated heterocycles. The van der Waals surface area contributed by atoms with Gasteiger partial charge in [0.1, 0.15) is 6.33 Å². The second-order valence-corrected chi connectivity index (χ2v) is 11.0. The molecule has 0 radical (unpaired) electrons. The number of benzene rings is 1. The van der Waals surface area contributed by atoms with Crippen molar-refractivity contribution >= 4 is 15.8 Å². The zero-order chi connectivity index (χ0) is 25.2. The molecule has 192 valence electrons. The molecule has 2 fully saturated rings. The molecule has 1 aromatic heterocycles. The van der Waals surface area contributed by atoms with Gasteiger partial charge in [-0.3, -0.25) is 0 Å². The molecule has 3 heterocycles. The Balaban J connectivity index is 1.46. The highest BCUT2D eigenvalue weighted by atomic mass is 32.2. The van der Waals surface area contributed by atoms with Crippen LogP contribution in [0, 0.1) is 11.7 Å². The number of piperidine rings is 1. The SMILES string of the molecule is CS(=O)(=O)N1CCC(CCc2ncnc(N3CCOC[C@@H]3c3ccc(C(F)(F)F)cc3)c2F)CC1. The van der Waals surface area contributed by atoms with Crippen molar-refractivity contribution in [2.24, 2.45) is 5.92 Å². The summed E-state index contributed by atoms with van der Waals surface area (Å²) in [6.07, 6.45) is 0.569. The average Bonchev–Trinajstić information content (AvgIpc) is 2.83. The number of nitrogens with zero attached hydrogens (tertiary/aromatic N) is 4. The molecule has 0 amide bonds. The van der Waals surface area contributed by atoms with E-state index >= 15 is 4.39 Å². The molecule has 0 unspecified atom stereocenters. The molecule has 12 heteroatoms. The van der Waals surface area contributed by atoms with E-state index in [1.165, 1.54) is 29.0 Å². The number of aryl methyl sites for hydroxylation is 1. The number of sulfonamides is 1. The minimum atomic E-state index is -4.43. The highest BCUT2D eigenvalue weighted by Gasteiger charge is 2.33. The third-order valence-electron chi connectivity index (χ3n) is 6.70. The zero-order valence-corrected chi connectivity index (χ0v) is 20.2. The lowest BCUT2D eigenvalue weighted by molar-refractivity contribution is -0.137. The quantitative estimate of drug-likeness (QED) is 0.544. The van der Waals surface area contributed by atoms with E-state index in [1.54, 1.807) is 4.90 Å². The monoisotopic (exact) mass is 516 g/mol. The lowest BCUT2D eigenvalue weighted by Crippen LogP contribution is -2.40. The molecule has 0 aliphatic carbocycles. The topological polar surface area (TPSA) is 75.6 Å². The van der Waals surface area contributed by atoms with Gasteiger partial charge in [0.15, 0.2) is 11.6 Å². The van der Waals surface area contributed by atoms with Crippen LogP contribution in [0.4, 0.5) is 23.4 Å². The molecular formula is C23H28F4N4O3S. The molecule has 0 N–H and O–H groups in total. The van der Waals surface area contributed by atoms with Crippen LogP contribution in [0.3, 0.4) is 0 Å². The van der Waals surface area contributed by atoms with Crippen LogP contribution in [0.2, 0.25) is 0 Å². The number of hydrogen-bond acceptors (Lipinski definition) is 6. The summed E-state index contributed by atoms with van der Waals surface area (Å²) in [7, 11) is -3.20. The van der Waals surface area contributed by atoms with Gasteiger partial charge in [-0.25, -0.2) is 27.1 Å². The minimum absolute atomic E-state index is 0.107. The van der Waals surface area contributed by atoms with Gasteiger partial charge in [-0.2, -0.15) is 13.2 Å². The van der Waals surface area contributed by atoms with Gasteiger partial charge in [-0.15, -0.1) is 0 Å². The predicted octanol–water partition coefficient (Wildman–Crippen LogP) is 3.82. The molecule has 0 saturated carbocycles. The minimum Gasteiger partial charge on any atom is -0.377 e. The standard InChI is InChI=1S/C23H28F4N4O3S/c1-35(32,33)30-10-8-16(9-11-30)2-7-19-21(24)22(29-15-28-19)31-12-13-34-14-20(31)17-3-5-18(6-4-17)23(25,26)27/h3-6,15-16,20H,2,7-14H2,1H3/t20-/m1/s1. The number of alkyl halides is 3. The Kier molecular flexibility index (Phi) is 7.62. The van der Waals surface area contributed by atoms with Gasteiger partial charge >= 0.3 is 6.18 Å². The Labute approximate surface area is 202 Å². The smallest absolute Gasteiger partial charge is 0.377 e. The summed E-state index contributed by atoms with van der Waals surface area (Å²) in [6, 6.07) is 4.32. The number of morpholine rings is 1. The third kappa shape index (κ3) is 6.10. The van der Waals surface area contributed by atoms with Crippen molar-refractivity contribution in [2.75, 3.05) is 44.0 Å². The van der Waals surface area contributed by atoms with Gasteiger partial charge in [0.2, 0.25) is 10.0 Å². The van der Waals surface area contributed by atoms with E-state index in [0.717, 1.165) is 12.1 Å².